The van der Waals surface area contributed by atoms with E-state index >= 15 is 0 Å². The van der Waals surface area contributed by atoms with Crippen molar-refractivity contribution < 1.29 is 9.13 Å². The monoisotopic (exact) mass is 309 g/mol. The third-order valence-corrected chi connectivity index (χ3v) is 2.81. The molecule has 0 unspecified atom stereocenters. The first-order valence-electron chi connectivity index (χ1n) is 4.89. The van der Waals surface area contributed by atoms with E-state index in [2.05, 4.69) is 36.4 Å². The Labute approximate surface area is 109 Å². The van der Waals surface area contributed by atoms with Crippen molar-refractivity contribution in [2.24, 2.45) is 0 Å². The summed E-state index contributed by atoms with van der Waals surface area (Å²) in [4.78, 5) is 3.95. The van der Waals surface area contributed by atoms with E-state index in [9.17, 15) is 4.39 Å². The van der Waals surface area contributed by atoms with Gasteiger partial charge in [-0.3, -0.25) is 4.98 Å². The SMILES string of the molecule is Fc1ccc(Oc2cncc3nnnn23)c(Br)c1. The Morgan fingerprint density at radius 1 is 1.28 bits per heavy atom. The number of ether oxygens (including phenoxy) is 1. The average Bonchev–Trinajstić information content (AvgIpc) is 2.82. The highest BCUT2D eigenvalue weighted by atomic mass is 79.9. The molecule has 0 aliphatic carbocycles. The van der Waals surface area contributed by atoms with E-state index in [1.165, 1.54) is 35.1 Å². The van der Waals surface area contributed by atoms with E-state index in [4.69, 9.17) is 4.74 Å². The van der Waals surface area contributed by atoms with Gasteiger partial charge in [0.15, 0.2) is 0 Å². The summed E-state index contributed by atoms with van der Waals surface area (Å²) < 4.78 is 20.4. The van der Waals surface area contributed by atoms with E-state index in [1.807, 2.05) is 0 Å². The molecule has 2 heterocycles. The molecule has 0 radical (unpaired) electrons. The maximum atomic E-state index is 13.0. The lowest BCUT2D eigenvalue weighted by Crippen LogP contribution is -1.97. The highest BCUT2D eigenvalue weighted by Gasteiger charge is 2.09. The minimum Gasteiger partial charge on any atom is -0.436 e. The molecule has 0 saturated heterocycles. The molecule has 2 aromatic heterocycles. The topological polar surface area (TPSA) is 65.2 Å². The van der Waals surface area contributed by atoms with E-state index in [-0.39, 0.29) is 5.82 Å². The van der Waals surface area contributed by atoms with Crippen LogP contribution in [0, 0.1) is 5.82 Å². The fraction of sp³-hybridized carbons (Fsp3) is 0. The highest BCUT2D eigenvalue weighted by Crippen LogP contribution is 2.29. The van der Waals surface area contributed by atoms with Gasteiger partial charge in [0, 0.05) is 0 Å². The molecule has 90 valence electrons. The molecule has 0 saturated carbocycles. The van der Waals surface area contributed by atoms with Crippen molar-refractivity contribution >= 4 is 21.6 Å². The molecule has 0 spiro atoms. The van der Waals surface area contributed by atoms with Crippen LogP contribution in [0.25, 0.3) is 5.65 Å². The number of nitrogens with zero attached hydrogens (tertiary/aromatic N) is 5. The molecule has 3 rings (SSSR count). The number of fused-ring (bicyclic) bond motifs is 1. The first-order chi connectivity index (χ1) is 8.74. The highest BCUT2D eigenvalue weighted by molar-refractivity contribution is 9.10. The second kappa shape index (κ2) is 4.30. The lowest BCUT2D eigenvalue weighted by molar-refractivity contribution is 0.438. The van der Waals surface area contributed by atoms with Gasteiger partial charge >= 0.3 is 0 Å². The van der Waals surface area contributed by atoms with Gasteiger partial charge in [0.1, 0.15) is 11.6 Å². The first kappa shape index (κ1) is 11.0. The van der Waals surface area contributed by atoms with E-state index in [0.29, 0.717) is 21.7 Å². The molecule has 3 aromatic rings. The van der Waals surface area contributed by atoms with Crippen LogP contribution in [0.4, 0.5) is 4.39 Å². The summed E-state index contributed by atoms with van der Waals surface area (Å²) in [6, 6.07) is 4.11. The molecule has 0 amide bonds. The molecule has 18 heavy (non-hydrogen) atoms. The van der Waals surface area contributed by atoms with E-state index in [0.717, 1.165) is 0 Å². The Balaban J connectivity index is 2.03. The van der Waals surface area contributed by atoms with Crippen LogP contribution in [0.2, 0.25) is 0 Å². The van der Waals surface area contributed by atoms with Crippen LogP contribution in [0.5, 0.6) is 11.6 Å². The normalized spacial score (nSPS) is 10.8. The smallest absolute Gasteiger partial charge is 0.242 e. The van der Waals surface area contributed by atoms with Gasteiger partial charge in [0.05, 0.1) is 16.9 Å². The van der Waals surface area contributed by atoms with Crippen molar-refractivity contribution in [3.8, 4) is 11.6 Å². The molecule has 0 aliphatic rings. The van der Waals surface area contributed by atoms with Crippen molar-refractivity contribution in [1.29, 1.82) is 0 Å². The Bertz CT molecular complexity index is 716. The third-order valence-electron chi connectivity index (χ3n) is 2.19. The molecule has 0 aliphatic heterocycles. The molecule has 0 bridgehead atoms. The number of halogens is 2. The summed E-state index contributed by atoms with van der Waals surface area (Å²) in [7, 11) is 0. The van der Waals surface area contributed by atoms with Crippen LogP contribution in [0.3, 0.4) is 0 Å². The van der Waals surface area contributed by atoms with Crippen LogP contribution in [0.1, 0.15) is 0 Å². The second-order valence-corrected chi connectivity index (χ2v) is 4.23. The van der Waals surface area contributed by atoms with Crippen molar-refractivity contribution in [1.82, 2.24) is 25.0 Å². The summed E-state index contributed by atoms with van der Waals surface area (Å²) in [5.41, 5.74) is 0.464. The minimum atomic E-state index is -0.354. The van der Waals surface area contributed by atoms with Gasteiger partial charge in [-0.15, -0.1) is 5.10 Å². The maximum absolute atomic E-state index is 13.0. The molecule has 8 heteroatoms. The number of tetrazole rings is 1. The summed E-state index contributed by atoms with van der Waals surface area (Å²) >= 11 is 3.21. The zero-order valence-electron chi connectivity index (χ0n) is 8.79. The molecule has 0 N–H and O–H groups in total. The van der Waals surface area contributed by atoms with Crippen LogP contribution >= 0.6 is 15.9 Å². The molecule has 0 fully saturated rings. The number of benzene rings is 1. The zero-order chi connectivity index (χ0) is 12.5. The Morgan fingerprint density at radius 3 is 3.00 bits per heavy atom. The van der Waals surface area contributed by atoms with Crippen LogP contribution in [-0.4, -0.2) is 25.0 Å². The van der Waals surface area contributed by atoms with Crippen LogP contribution in [0.15, 0.2) is 35.1 Å². The lowest BCUT2D eigenvalue weighted by Gasteiger charge is -2.07. The maximum Gasteiger partial charge on any atom is 0.242 e. The second-order valence-electron chi connectivity index (χ2n) is 3.37. The summed E-state index contributed by atoms with van der Waals surface area (Å²) in [5.74, 6) is 0.430. The average molecular weight is 310 g/mol. The fourth-order valence-electron chi connectivity index (χ4n) is 1.39. The van der Waals surface area contributed by atoms with Gasteiger partial charge in [-0.2, -0.15) is 4.52 Å². The van der Waals surface area contributed by atoms with Crippen molar-refractivity contribution in [2.75, 3.05) is 0 Å². The standard InChI is InChI=1S/C10H5BrFN5O/c11-7-3-6(12)1-2-8(7)18-10-5-13-4-9-14-15-16-17(9)10/h1-5H. The zero-order valence-corrected chi connectivity index (χ0v) is 10.4. The Morgan fingerprint density at radius 2 is 2.17 bits per heavy atom. The van der Waals surface area contributed by atoms with Crippen molar-refractivity contribution in [3.05, 3.63) is 40.9 Å². The van der Waals surface area contributed by atoms with Gasteiger partial charge in [0.25, 0.3) is 0 Å². The quantitative estimate of drug-likeness (QED) is 0.726. The summed E-state index contributed by atoms with van der Waals surface area (Å²) in [6.45, 7) is 0. The van der Waals surface area contributed by atoms with Gasteiger partial charge in [-0.25, -0.2) is 4.39 Å². The van der Waals surface area contributed by atoms with Gasteiger partial charge in [-0.1, -0.05) is 0 Å². The predicted octanol–water partition coefficient (Wildman–Crippen LogP) is 2.21. The van der Waals surface area contributed by atoms with E-state index in [1.54, 1.807) is 0 Å². The van der Waals surface area contributed by atoms with Gasteiger partial charge in [-0.05, 0) is 44.6 Å². The number of rotatable bonds is 2. The largest absolute Gasteiger partial charge is 0.436 e. The predicted molar refractivity (Wildman–Crippen MR) is 62.8 cm³/mol. The van der Waals surface area contributed by atoms with E-state index < -0.39 is 0 Å². The molecular weight excluding hydrogens is 305 g/mol. The Kier molecular flexibility index (Phi) is 2.63. The number of hydrogen-bond donors (Lipinski definition) is 0. The van der Waals surface area contributed by atoms with Crippen molar-refractivity contribution in [2.45, 2.75) is 0 Å². The summed E-state index contributed by atoms with van der Waals surface area (Å²) in [5, 5.41) is 11.0. The van der Waals surface area contributed by atoms with Gasteiger partial charge < -0.3 is 4.74 Å². The summed E-state index contributed by atoms with van der Waals surface area (Å²) in [6.07, 6.45) is 2.98. The minimum absolute atomic E-state index is 0.338. The molecule has 1 aromatic carbocycles. The molecule has 0 atom stereocenters. The van der Waals surface area contributed by atoms with Crippen LogP contribution in [-0.2, 0) is 0 Å². The molecular formula is C10H5BrFN5O. The lowest BCUT2D eigenvalue weighted by atomic mass is 10.3. The van der Waals surface area contributed by atoms with Gasteiger partial charge in [0.2, 0.25) is 11.5 Å². The molecule has 6 nitrogen and oxygen atoms in total. The third kappa shape index (κ3) is 1.90. The van der Waals surface area contributed by atoms with Crippen LogP contribution < -0.4 is 4.74 Å². The first-order valence-corrected chi connectivity index (χ1v) is 5.68. The number of hydrogen-bond acceptors (Lipinski definition) is 5. The van der Waals surface area contributed by atoms with Crippen molar-refractivity contribution in [3.63, 3.8) is 0 Å². The Hall–Kier alpha value is -2.09. The number of aromatic nitrogens is 5. The fourth-order valence-corrected chi connectivity index (χ4v) is 1.83.